The van der Waals surface area contributed by atoms with Crippen LogP contribution >= 0.6 is 0 Å². The van der Waals surface area contributed by atoms with E-state index in [1.165, 1.54) is 24.3 Å². The minimum absolute atomic E-state index is 0.0733. The zero-order chi connectivity index (χ0) is 16.2. The van der Waals surface area contributed by atoms with Crippen LogP contribution in [0.25, 0.3) is 0 Å². The molecule has 0 aliphatic rings. The topological polar surface area (TPSA) is 49.3 Å². The third kappa shape index (κ3) is 5.31. The highest BCUT2D eigenvalue weighted by atomic mass is 19.1. The van der Waals surface area contributed by atoms with E-state index in [0.29, 0.717) is 5.56 Å². The van der Waals surface area contributed by atoms with Crippen molar-refractivity contribution in [3.8, 4) is 0 Å². The molecule has 116 valence electrons. The molecule has 21 heavy (non-hydrogen) atoms. The highest BCUT2D eigenvalue weighted by molar-refractivity contribution is 5.88. The van der Waals surface area contributed by atoms with Crippen molar-refractivity contribution in [1.82, 2.24) is 5.32 Å². The van der Waals surface area contributed by atoms with Crippen molar-refractivity contribution in [2.75, 3.05) is 0 Å². The molecular formula is C17H24FNO2. The molecule has 0 saturated carbocycles. The molecule has 2 atom stereocenters. The molecule has 0 radical (unpaired) electrons. The Labute approximate surface area is 125 Å². The third-order valence-corrected chi connectivity index (χ3v) is 3.59. The van der Waals surface area contributed by atoms with Crippen LogP contribution < -0.4 is 5.32 Å². The van der Waals surface area contributed by atoms with Crippen molar-refractivity contribution < 1.29 is 14.3 Å². The van der Waals surface area contributed by atoms with E-state index >= 15 is 0 Å². The molecule has 1 aromatic carbocycles. The Balaban J connectivity index is 2.70. The van der Waals surface area contributed by atoms with Gasteiger partial charge >= 0.3 is 0 Å². The molecule has 0 aliphatic carbocycles. The molecule has 0 spiro atoms. The SMILES string of the molecule is C/C(=C/C(=O)NC(C)C(O)c1ccc(F)cc1)C(C)(C)C. The number of hydrogen-bond donors (Lipinski definition) is 2. The number of amides is 1. The Bertz CT molecular complexity index is 515. The molecule has 3 nitrogen and oxygen atoms in total. The van der Waals surface area contributed by atoms with Crippen LogP contribution in [0.1, 0.15) is 46.3 Å². The van der Waals surface area contributed by atoms with Crippen LogP contribution in [0.15, 0.2) is 35.9 Å². The molecule has 0 saturated heterocycles. The summed E-state index contributed by atoms with van der Waals surface area (Å²) in [7, 11) is 0. The quantitative estimate of drug-likeness (QED) is 0.836. The highest BCUT2D eigenvalue weighted by Gasteiger charge is 2.19. The van der Waals surface area contributed by atoms with Gasteiger partial charge in [0.1, 0.15) is 5.82 Å². The van der Waals surface area contributed by atoms with Gasteiger partial charge in [-0.05, 0) is 37.0 Å². The van der Waals surface area contributed by atoms with Crippen LogP contribution in [-0.4, -0.2) is 17.1 Å². The lowest BCUT2D eigenvalue weighted by Gasteiger charge is -2.22. The van der Waals surface area contributed by atoms with E-state index in [-0.39, 0.29) is 17.1 Å². The Hall–Kier alpha value is -1.68. The normalized spacial score (nSPS) is 15.5. The van der Waals surface area contributed by atoms with Crippen LogP contribution in [0.3, 0.4) is 0 Å². The molecular weight excluding hydrogens is 269 g/mol. The largest absolute Gasteiger partial charge is 0.386 e. The van der Waals surface area contributed by atoms with Gasteiger partial charge in [-0.25, -0.2) is 4.39 Å². The predicted molar refractivity (Wildman–Crippen MR) is 82.2 cm³/mol. The Morgan fingerprint density at radius 3 is 2.29 bits per heavy atom. The summed E-state index contributed by atoms with van der Waals surface area (Å²) in [5.74, 6) is -0.595. The first kappa shape index (κ1) is 17.4. The summed E-state index contributed by atoms with van der Waals surface area (Å²) in [5, 5.41) is 12.9. The van der Waals surface area contributed by atoms with Gasteiger partial charge in [-0.15, -0.1) is 0 Å². The number of nitrogens with one attached hydrogen (secondary N) is 1. The number of aliphatic hydroxyl groups is 1. The molecule has 2 unspecified atom stereocenters. The summed E-state index contributed by atoms with van der Waals surface area (Å²) in [6, 6.07) is 5.14. The molecule has 1 amide bonds. The maximum absolute atomic E-state index is 12.9. The second-order valence-corrected chi connectivity index (χ2v) is 6.37. The van der Waals surface area contributed by atoms with Gasteiger partial charge in [0.15, 0.2) is 0 Å². The molecule has 0 fully saturated rings. The number of allylic oxidation sites excluding steroid dienone is 1. The Kier molecular flexibility index (Phi) is 5.67. The van der Waals surface area contributed by atoms with Gasteiger partial charge in [0.25, 0.3) is 0 Å². The summed E-state index contributed by atoms with van der Waals surface area (Å²) in [4.78, 5) is 11.9. The molecule has 0 aliphatic heterocycles. The van der Waals surface area contributed by atoms with E-state index in [1.54, 1.807) is 13.0 Å². The van der Waals surface area contributed by atoms with Crippen LogP contribution in [0.5, 0.6) is 0 Å². The minimum Gasteiger partial charge on any atom is -0.386 e. The van der Waals surface area contributed by atoms with Gasteiger partial charge in [-0.3, -0.25) is 4.79 Å². The fourth-order valence-electron chi connectivity index (χ4n) is 1.71. The van der Waals surface area contributed by atoms with E-state index in [9.17, 15) is 14.3 Å². The second kappa shape index (κ2) is 6.85. The number of hydrogen-bond acceptors (Lipinski definition) is 2. The van der Waals surface area contributed by atoms with E-state index < -0.39 is 12.1 Å². The summed E-state index contributed by atoms with van der Waals surface area (Å²) >= 11 is 0. The fourth-order valence-corrected chi connectivity index (χ4v) is 1.71. The number of carbonyl (C=O) groups is 1. The average molecular weight is 293 g/mol. The summed E-state index contributed by atoms with van der Waals surface area (Å²) in [6.45, 7) is 9.71. The van der Waals surface area contributed by atoms with Crippen molar-refractivity contribution in [3.05, 3.63) is 47.3 Å². The lowest BCUT2D eigenvalue weighted by molar-refractivity contribution is -0.118. The number of halogens is 1. The summed E-state index contributed by atoms with van der Waals surface area (Å²) < 4.78 is 12.9. The van der Waals surface area contributed by atoms with Gasteiger partial charge in [0.2, 0.25) is 5.91 Å². The molecule has 1 rings (SSSR count). The molecule has 4 heteroatoms. The van der Waals surface area contributed by atoms with Gasteiger partial charge in [0.05, 0.1) is 12.1 Å². The van der Waals surface area contributed by atoms with Gasteiger partial charge < -0.3 is 10.4 Å². The molecule has 0 heterocycles. The summed E-state index contributed by atoms with van der Waals surface area (Å²) in [5.41, 5.74) is 1.46. The van der Waals surface area contributed by atoms with Crippen molar-refractivity contribution >= 4 is 5.91 Å². The van der Waals surface area contributed by atoms with E-state index in [2.05, 4.69) is 5.32 Å². The van der Waals surface area contributed by atoms with Gasteiger partial charge in [-0.2, -0.15) is 0 Å². The van der Waals surface area contributed by atoms with Crippen molar-refractivity contribution in [2.24, 2.45) is 5.41 Å². The Morgan fingerprint density at radius 1 is 1.29 bits per heavy atom. The number of rotatable bonds is 4. The maximum atomic E-state index is 12.9. The highest BCUT2D eigenvalue weighted by Crippen LogP contribution is 2.24. The van der Waals surface area contributed by atoms with Crippen LogP contribution in [0.4, 0.5) is 4.39 Å². The van der Waals surface area contributed by atoms with Gasteiger partial charge in [-0.1, -0.05) is 38.5 Å². The standard InChI is InChI=1S/C17H24FNO2/c1-11(17(3,4)5)10-15(20)19-12(2)16(21)13-6-8-14(18)9-7-13/h6-10,12,16,21H,1-5H3,(H,19,20)/b11-10-. The van der Waals surface area contributed by atoms with Crippen LogP contribution in [-0.2, 0) is 4.79 Å². The second-order valence-electron chi connectivity index (χ2n) is 6.37. The lowest BCUT2D eigenvalue weighted by atomic mass is 9.87. The molecule has 2 N–H and O–H groups in total. The van der Waals surface area contributed by atoms with Gasteiger partial charge in [0, 0.05) is 6.08 Å². The first-order valence-corrected chi connectivity index (χ1v) is 7.04. The fraction of sp³-hybridized carbons (Fsp3) is 0.471. The smallest absolute Gasteiger partial charge is 0.244 e. The number of aliphatic hydroxyl groups excluding tert-OH is 1. The maximum Gasteiger partial charge on any atom is 0.244 e. The van der Waals surface area contributed by atoms with Crippen molar-refractivity contribution in [1.29, 1.82) is 0 Å². The first-order chi connectivity index (χ1) is 9.61. The number of carbonyl (C=O) groups excluding carboxylic acids is 1. The van der Waals surface area contributed by atoms with Crippen molar-refractivity contribution in [2.45, 2.75) is 46.8 Å². The molecule has 0 bridgehead atoms. The van der Waals surface area contributed by atoms with E-state index in [0.717, 1.165) is 5.57 Å². The number of benzene rings is 1. The summed E-state index contributed by atoms with van der Waals surface area (Å²) in [6.07, 6.45) is 0.673. The van der Waals surface area contributed by atoms with E-state index in [1.807, 2.05) is 27.7 Å². The Morgan fingerprint density at radius 2 is 1.81 bits per heavy atom. The first-order valence-electron chi connectivity index (χ1n) is 7.04. The molecule has 0 aromatic heterocycles. The lowest BCUT2D eigenvalue weighted by Crippen LogP contribution is -2.36. The predicted octanol–water partition coefficient (Wildman–Crippen LogP) is 3.36. The third-order valence-electron chi connectivity index (χ3n) is 3.59. The van der Waals surface area contributed by atoms with Crippen LogP contribution in [0, 0.1) is 11.2 Å². The van der Waals surface area contributed by atoms with E-state index in [4.69, 9.17) is 0 Å². The zero-order valence-electron chi connectivity index (χ0n) is 13.3. The average Bonchev–Trinajstić information content (AvgIpc) is 2.37. The van der Waals surface area contributed by atoms with Crippen LogP contribution in [0.2, 0.25) is 0 Å². The minimum atomic E-state index is -0.877. The van der Waals surface area contributed by atoms with Crippen molar-refractivity contribution in [3.63, 3.8) is 0 Å². The molecule has 1 aromatic rings. The zero-order valence-corrected chi connectivity index (χ0v) is 13.3. The monoisotopic (exact) mass is 293 g/mol.